The number of nitrogens with zero attached hydrogens (tertiary/aromatic N) is 1. The molecule has 0 aliphatic rings. The van der Waals surface area contributed by atoms with Crippen LogP contribution in [0.5, 0.6) is 0 Å². The summed E-state index contributed by atoms with van der Waals surface area (Å²) in [6, 6.07) is 4.80. The van der Waals surface area contributed by atoms with Gasteiger partial charge in [0.1, 0.15) is 5.82 Å². The van der Waals surface area contributed by atoms with E-state index < -0.39 is 5.82 Å². The van der Waals surface area contributed by atoms with Crippen LogP contribution in [0.3, 0.4) is 0 Å². The number of aliphatic hydroxyl groups is 1. The zero-order valence-electron chi connectivity index (χ0n) is 10.2. The van der Waals surface area contributed by atoms with E-state index in [9.17, 15) is 9.18 Å². The van der Waals surface area contributed by atoms with E-state index in [-0.39, 0.29) is 18.1 Å². The van der Waals surface area contributed by atoms with E-state index in [2.05, 4.69) is 0 Å². The number of hydrogen-bond acceptors (Lipinski definition) is 2. The van der Waals surface area contributed by atoms with Gasteiger partial charge >= 0.3 is 0 Å². The highest BCUT2D eigenvalue weighted by Crippen LogP contribution is 2.14. The second-order valence-electron chi connectivity index (χ2n) is 3.90. The standard InChI is InChI=1S/C13H18FNO2/c1-3-15(8-5-9-16)13(17)11-7-4-6-10(2)12(11)14/h4,6-7,16H,3,5,8-9H2,1-2H3. The summed E-state index contributed by atoms with van der Waals surface area (Å²) >= 11 is 0. The fourth-order valence-electron chi connectivity index (χ4n) is 1.65. The molecule has 0 radical (unpaired) electrons. The predicted molar refractivity (Wildman–Crippen MR) is 64.4 cm³/mol. The van der Waals surface area contributed by atoms with Crippen molar-refractivity contribution < 1.29 is 14.3 Å². The number of aryl methyl sites for hydroxylation is 1. The number of halogens is 1. The Hall–Kier alpha value is -1.42. The van der Waals surface area contributed by atoms with E-state index in [1.165, 1.54) is 11.0 Å². The van der Waals surface area contributed by atoms with Gasteiger partial charge in [-0.2, -0.15) is 0 Å². The minimum atomic E-state index is -0.458. The molecular formula is C13H18FNO2. The van der Waals surface area contributed by atoms with E-state index in [4.69, 9.17) is 5.11 Å². The molecule has 0 saturated heterocycles. The summed E-state index contributed by atoms with van der Waals surface area (Å²) in [6.45, 7) is 4.45. The van der Waals surface area contributed by atoms with Crippen LogP contribution in [0.4, 0.5) is 4.39 Å². The Balaban J connectivity index is 2.90. The highest BCUT2D eigenvalue weighted by molar-refractivity contribution is 5.94. The van der Waals surface area contributed by atoms with Gasteiger partial charge in [0.25, 0.3) is 5.91 Å². The van der Waals surface area contributed by atoms with Crippen molar-refractivity contribution in [2.24, 2.45) is 0 Å². The molecule has 1 amide bonds. The molecular weight excluding hydrogens is 221 g/mol. The molecule has 0 heterocycles. The Labute approximate surface area is 101 Å². The lowest BCUT2D eigenvalue weighted by Crippen LogP contribution is -2.32. The van der Waals surface area contributed by atoms with Crippen LogP contribution in [0.15, 0.2) is 18.2 Å². The van der Waals surface area contributed by atoms with Gasteiger partial charge in [0.05, 0.1) is 5.56 Å². The lowest BCUT2D eigenvalue weighted by Gasteiger charge is -2.21. The fourth-order valence-corrected chi connectivity index (χ4v) is 1.65. The Morgan fingerprint density at radius 3 is 2.76 bits per heavy atom. The third-order valence-electron chi connectivity index (χ3n) is 2.68. The minimum absolute atomic E-state index is 0.0279. The van der Waals surface area contributed by atoms with Crippen LogP contribution in [0.1, 0.15) is 29.3 Å². The monoisotopic (exact) mass is 239 g/mol. The van der Waals surface area contributed by atoms with Crippen LogP contribution in [0, 0.1) is 12.7 Å². The van der Waals surface area contributed by atoms with Crippen molar-refractivity contribution in [2.45, 2.75) is 20.3 Å². The van der Waals surface area contributed by atoms with Crippen LogP contribution in [0.2, 0.25) is 0 Å². The zero-order valence-corrected chi connectivity index (χ0v) is 10.2. The van der Waals surface area contributed by atoms with Crippen molar-refractivity contribution in [3.05, 3.63) is 35.1 Å². The topological polar surface area (TPSA) is 40.5 Å². The number of rotatable bonds is 5. The molecule has 0 aliphatic heterocycles. The molecule has 94 valence electrons. The molecule has 0 saturated carbocycles. The van der Waals surface area contributed by atoms with Crippen LogP contribution in [-0.4, -0.2) is 35.6 Å². The van der Waals surface area contributed by atoms with Crippen molar-refractivity contribution in [1.82, 2.24) is 4.90 Å². The molecule has 1 aromatic carbocycles. The Morgan fingerprint density at radius 1 is 1.47 bits per heavy atom. The zero-order chi connectivity index (χ0) is 12.8. The highest BCUT2D eigenvalue weighted by Gasteiger charge is 2.18. The minimum Gasteiger partial charge on any atom is -0.396 e. The van der Waals surface area contributed by atoms with E-state index >= 15 is 0 Å². The van der Waals surface area contributed by atoms with E-state index in [1.54, 1.807) is 19.1 Å². The molecule has 17 heavy (non-hydrogen) atoms. The summed E-state index contributed by atoms with van der Waals surface area (Å²) in [6.07, 6.45) is 0.507. The normalized spacial score (nSPS) is 10.4. The quantitative estimate of drug-likeness (QED) is 0.853. The number of carbonyl (C=O) groups is 1. The van der Waals surface area contributed by atoms with Gasteiger partial charge in [0.2, 0.25) is 0 Å². The van der Waals surface area contributed by atoms with Gasteiger partial charge in [-0.25, -0.2) is 4.39 Å². The molecule has 1 aromatic rings. The van der Waals surface area contributed by atoms with Gasteiger partial charge in [0, 0.05) is 19.7 Å². The molecule has 1 rings (SSSR count). The smallest absolute Gasteiger partial charge is 0.256 e. The van der Waals surface area contributed by atoms with Crippen LogP contribution >= 0.6 is 0 Å². The van der Waals surface area contributed by atoms with Crippen LogP contribution in [0.25, 0.3) is 0 Å². The predicted octanol–water partition coefficient (Wildman–Crippen LogP) is 1.98. The van der Waals surface area contributed by atoms with Crippen molar-refractivity contribution in [1.29, 1.82) is 0 Å². The molecule has 3 nitrogen and oxygen atoms in total. The maximum atomic E-state index is 13.8. The molecule has 0 spiro atoms. The van der Waals surface area contributed by atoms with Gasteiger partial charge in [-0.1, -0.05) is 12.1 Å². The van der Waals surface area contributed by atoms with Gasteiger partial charge < -0.3 is 10.0 Å². The van der Waals surface area contributed by atoms with Crippen molar-refractivity contribution in [3.63, 3.8) is 0 Å². The molecule has 1 N–H and O–H groups in total. The van der Waals surface area contributed by atoms with Gasteiger partial charge in [-0.3, -0.25) is 4.79 Å². The number of amides is 1. The average Bonchev–Trinajstić information content (AvgIpc) is 2.33. The number of benzene rings is 1. The molecule has 0 aromatic heterocycles. The van der Waals surface area contributed by atoms with Crippen molar-refractivity contribution in [2.75, 3.05) is 19.7 Å². The fraction of sp³-hybridized carbons (Fsp3) is 0.462. The Morgan fingerprint density at radius 2 is 2.18 bits per heavy atom. The van der Waals surface area contributed by atoms with E-state index in [0.717, 1.165) is 0 Å². The SMILES string of the molecule is CCN(CCCO)C(=O)c1cccc(C)c1F. The second kappa shape index (κ2) is 6.35. The van der Waals surface area contributed by atoms with E-state index in [0.29, 0.717) is 25.1 Å². The first-order valence-electron chi connectivity index (χ1n) is 5.77. The number of hydrogen-bond donors (Lipinski definition) is 1. The van der Waals surface area contributed by atoms with Crippen molar-refractivity contribution in [3.8, 4) is 0 Å². The van der Waals surface area contributed by atoms with Gasteiger partial charge in [-0.15, -0.1) is 0 Å². The number of carbonyl (C=O) groups excluding carboxylic acids is 1. The highest BCUT2D eigenvalue weighted by atomic mass is 19.1. The molecule has 0 fully saturated rings. The van der Waals surface area contributed by atoms with Gasteiger partial charge in [0.15, 0.2) is 0 Å². The summed E-state index contributed by atoms with van der Waals surface area (Å²) in [5, 5.41) is 8.75. The summed E-state index contributed by atoms with van der Waals surface area (Å²) in [7, 11) is 0. The summed E-state index contributed by atoms with van der Waals surface area (Å²) < 4.78 is 13.8. The summed E-state index contributed by atoms with van der Waals surface area (Å²) in [5.74, 6) is -0.776. The molecule has 0 bridgehead atoms. The second-order valence-corrected chi connectivity index (χ2v) is 3.90. The number of aliphatic hydroxyl groups excluding tert-OH is 1. The molecule has 0 unspecified atom stereocenters. The van der Waals surface area contributed by atoms with Crippen LogP contribution < -0.4 is 0 Å². The maximum Gasteiger partial charge on any atom is 0.256 e. The Bertz CT molecular complexity index is 393. The van der Waals surface area contributed by atoms with Crippen LogP contribution in [-0.2, 0) is 0 Å². The lowest BCUT2D eigenvalue weighted by atomic mass is 10.1. The first-order valence-corrected chi connectivity index (χ1v) is 5.77. The first kappa shape index (κ1) is 13.6. The maximum absolute atomic E-state index is 13.8. The lowest BCUT2D eigenvalue weighted by molar-refractivity contribution is 0.0749. The third-order valence-corrected chi connectivity index (χ3v) is 2.68. The summed E-state index contributed by atoms with van der Waals surface area (Å²) in [5.41, 5.74) is 0.568. The van der Waals surface area contributed by atoms with E-state index in [1.807, 2.05) is 6.92 Å². The molecule has 4 heteroatoms. The average molecular weight is 239 g/mol. The first-order chi connectivity index (χ1) is 8.11. The van der Waals surface area contributed by atoms with Crippen molar-refractivity contribution >= 4 is 5.91 Å². The summed E-state index contributed by atoms with van der Waals surface area (Å²) in [4.78, 5) is 13.6. The largest absolute Gasteiger partial charge is 0.396 e. The van der Waals surface area contributed by atoms with Gasteiger partial charge in [-0.05, 0) is 31.9 Å². The third kappa shape index (κ3) is 3.27. The molecule has 0 aliphatic carbocycles. The Kier molecular flexibility index (Phi) is 5.10. The molecule has 0 atom stereocenters.